The highest BCUT2D eigenvalue weighted by molar-refractivity contribution is 8.07. The zero-order valence-corrected chi connectivity index (χ0v) is 20.7. The number of piperidine rings is 3. The fourth-order valence-electron chi connectivity index (χ4n) is 4.22. The van der Waals surface area contributed by atoms with Gasteiger partial charge >= 0.3 is 0 Å². The molecule has 4 aliphatic rings. The molecule has 0 aromatic carbocycles. The maximum atomic E-state index is 7.24. The molecule has 3 fully saturated rings. The first-order chi connectivity index (χ1) is 12.9. The molecule has 0 aromatic rings. The van der Waals surface area contributed by atoms with Gasteiger partial charge in [0.1, 0.15) is 0 Å². The van der Waals surface area contributed by atoms with Crippen molar-refractivity contribution in [2.75, 3.05) is 39.3 Å². The summed E-state index contributed by atoms with van der Waals surface area (Å²) < 4.78 is 22.1. The molecular formula is C15H30Cl3N6P3. The molecule has 0 spiro atoms. The molecule has 0 amide bonds. The van der Waals surface area contributed by atoms with E-state index in [9.17, 15) is 0 Å². The van der Waals surface area contributed by atoms with Crippen molar-refractivity contribution in [1.29, 1.82) is 0 Å². The lowest BCUT2D eigenvalue weighted by atomic mass is 10.2. The first-order valence-corrected chi connectivity index (χ1v) is 17.9. The number of hydrogen-bond acceptors (Lipinski definition) is 6. The van der Waals surface area contributed by atoms with Crippen molar-refractivity contribution in [3.63, 3.8) is 0 Å². The molecule has 0 unspecified atom stereocenters. The van der Waals surface area contributed by atoms with Gasteiger partial charge in [-0.1, -0.05) is 19.3 Å². The van der Waals surface area contributed by atoms with Crippen LogP contribution >= 0.6 is 53.8 Å². The highest BCUT2D eigenvalue weighted by Gasteiger charge is 2.43. The van der Waals surface area contributed by atoms with Gasteiger partial charge in [0.2, 0.25) is 20.1 Å². The van der Waals surface area contributed by atoms with E-state index in [1.54, 1.807) is 0 Å². The third kappa shape index (κ3) is 4.70. The van der Waals surface area contributed by atoms with E-state index in [4.69, 9.17) is 47.3 Å². The Labute approximate surface area is 178 Å². The molecule has 4 aliphatic heterocycles. The molecule has 3 saturated heterocycles. The van der Waals surface area contributed by atoms with Crippen LogP contribution in [-0.2, 0) is 0 Å². The number of nitrogens with zero attached hydrogens (tertiary/aromatic N) is 6. The normalized spacial score (nSPS) is 42.8. The molecule has 0 N–H and O–H groups in total. The standard InChI is InChI=1S/C15H30Cl3N6P3/c16-25(22-10-4-1-5-11-22)19-26(17,23-12-6-2-7-13-23)21-27(18,20-25)24-14-8-3-9-15-24/h1-15H2. The van der Waals surface area contributed by atoms with E-state index in [2.05, 4.69) is 14.0 Å². The number of hydrogen-bond donors (Lipinski definition) is 0. The zero-order chi connectivity index (χ0) is 19.0. The second-order valence-corrected chi connectivity index (χ2v) is 18.7. The minimum atomic E-state index is -2.60. The third-order valence-electron chi connectivity index (χ3n) is 5.76. The summed E-state index contributed by atoms with van der Waals surface area (Å²) in [5.74, 6) is 0. The van der Waals surface area contributed by atoms with Gasteiger partial charge < -0.3 is 0 Å². The second-order valence-electron chi connectivity index (χ2n) is 7.80. The predicted molar refractivity (Wildman–Crippen MR) is 122 cm³/mol. The fourth-order valence-corrected chi connectivity index (χ4v) is 21.6. The van der Waals surface area contributed by atoms with Crippen LogP contribution < -0.4 is 0 Å². The Morgan fingerprint density at radius 2 is 0.630 bits per heavy atom. The quantitative estimate of drug-likeness (QED) is 0.374. The van der Waals surface area contributed by atoms with E-state index in [0.29, 0.717) is 0 Å². The van der Waals surface area contributed by atoms with Crippen molar-refractivity contribution in [3.05, 3.63) is 0 Å². The summed E-state index contributed by atoms with van der Waals surface area (Å²) >= 11 is 21.7. The Kier molecular flexibility index (Phi) is 7.14. The Morgan fingerprint density at radius 1 is 0.407 bits per heavy atom. The van der Waals surface area contributed by atoms with Crippen LogP contribution in [0.5, 0.6) is 0 Å². The minimum absolute atomic E-state index is 0.943. The van der Waals surface area contributed by atoms with Crippen LogP contribution in [0.4, 0.5) is 0 Å². The predicted octanol–water partition coefficient (Wildman–Crippen LogP) is 8.01. The summed E-state index contributed by atoms with van der Waals surface area (Å²) in [6.45, 7) is -2.15. The molecule has 12 heteroatoms. The molecule has 0 aromatic heterocycles. The number of rotatable bonds is 3. The second kappa shape index (κ2) is 8.89. The maximum absolute atomic E-state index is 7.24. The summed E-state index contributed by atoms with van der Waals surface area (Å²) in [4.78, 5) is 0. The smallest absolute Gasteiger partial charge is 0.239 e. The van der Waals surface area contributed by atoms with Gasteiger partial charge in [-0.2, -0.15) is 13.5 Å². The summed E-state index contributed by atoms with van der Waals surface area (Å²) in [6.07, 6.45) is 10.6. The molecule has 156 valence electrons. The van der Waals surface area contributed by atoms with Gasteiger partial charge in [0.15, 0.2) is 0 Å². The van der Waals surface area contributed by atoms with E-state index < -0.39 is 20.1 Å². The van der Waals surface area contributed by atoms with Crippen molar-refractivity contribution in [2.24, 2.45) is 13.5 Å². The molecule has 6 nitrogen and oxygen atoms in total. The first kappa shape index (κ1) is 21.7. The molecule has 4 heterocycles. The Morgan fingerprint density at radius 3 is 0.852 bits per heavy atom. The minimum Gasteiger partial charge on any atom is -0.240 e. The Bertz CT molecular complexity index is 600. The van der Waals surface area contributed by atoms with Crippen LogP contribution in [0.3, 0.4) is 0 Å². The van der Waals surface area contributed by atoms with Gasteiger partial charge in [0.05, 0.1) is 0 Å². The highest BCUT2D eigenvalue weighted by Crippen LogP contribution is 2.85. The van der Waals surface area contributed by atoms with E-state index in [0.717, 1.165) is 77.8 Å². The van der Waals surface area contributed by atoms with Crippen LogP contribution in [-0.4, -0.2) is 53.3 Å². The van der Waals surface area contributed by atoms with Crippen molar-refractivity contribution in [2.45, 2.75) is 57.8 Å². The Hall–Kier alpha value is 1.44. The summed E-state index contributed by atoms with van der Waals surface area (Å²) in [5, 5.41) is 0. The largest absolute Gasteiger partial charge is 0.240 e. The van der Waals surface area contributed by atoms with Crippen molar-refractivity contribution in [3.8, 4) is 0 Å². The average molecular weight is 494 g/mol. The molecule has 4 rings (SSSR count). The molecule has 0 aliphatic carbocycles. The molecule has 0 radical (unpaired) electrons. The SMILES string of the molecule is ClP1(N2CCCCC2)=NP(Cl)(N2CCCCC2)=NP(Cl)(N2CCCCC2)=N1. The lowest BCUT2D eigenvalue weighted by molar-refractivity contribution is 0.361. The van der Waals surface area contributed by atoms with Gasteiger partial charge in [-0.15, -0.1) is 0 Å². The van der Waals surface area contributed by atoms with Gasteiger partial charge in [-0.3, -0.25) is 0 Å². The lowest BCUT2D eigenvalue weighted by Gasteiger charge is -2.42. The molecule has 0 saturated carbocycles. The lowest BCUT2D eigenvalue weighted by Crippen LogP contribution is -2.29. The first-order valence-electron chi connectivity index (χ1n) is 10.2. The van der Waals surface area contributed by atoms with Crippen molar-refractivity contribution in [1.82, 2.24) is 14.0 Å². The Balaban J connectivity index is 1.80. The van der Waals surface area contributed by atoms with Crippen LogP contribution in [0.1, 0.15) is 57.8 Å². The van der Waals surface area contributed by atoms with Crippen LogP contribution in [0.25, 0.3) is 0 Å². The van der Waals surface area contributed by atoms with E-state index >= 15 is 0 Å². The summed E-state index contributed by atoms with van der Waals surface area (Å²) in [7, 11) is 0. The topological polar surface area (TPSA) is 46.8 Å². The fraction of sp³-hybridized carbons (Fsp3) is 1.00. The summed E-state index contributed by atoms with van der Waals surface area (Å²) in [6, 6.07) is 0. The molecule has 0 bridgehead atoms. The molecule has 0 atom stereocenters. The third-order valence-corrected chi connectivity index (χ3v) is 20.2. The van der Waals surface area contributed by atoms with Gasteiger partial charge in [0.25, 0.3) is 0 Å². The monoisotopic (exact) mass is 492 g/mol. The van der Waals surface area contributed by atoms with Gasteiger partial charge in [-0.25, -0.2) is 14.0 Å². The maximum Gasteiger partial charge on any atom is 0.239 e. The van der Waals surface area contributed by atoms with Crippen molar-refractivity contribution >= 4 is 53.8 Å². The molecular weight excluding hydrogens is 463 g/mol. The van der Waals surface area contributed by atoms with Gasteiger partial charge in [-0.05, 0) is 72.2 Å². The van der Waals surface area contributed by atoms with E-state index in [1.807, 2.05) is 0 Å². The van der Waals surface area contributed by atoms with Crippen molar-refractivity contribution < 1.29 is 0 Å². The van der Waals surface area contributed by atoms with E-state index in [1.165, 1.54) is 19.3 Å². The zero-order valence-electron chi connectivity index (χ0n) is 15.8. The molecule has 27 heavy (non-hydrogen) atoms. The van der Waals surface area contributed by atoms with Crippen LogP contribution in [0, 0.1) is 0 Å². The average Bonchev–Trinajstić information content (AvgIpc) is 2.69. The van der Waals surface area contributed by atoms with Crippen LogP contribution in [0.15, 0.2) is 13.5 Å². The van der Waals surface area contributed by atoms with E-state index in [-0.39, 0.29) is 0 Å². The highest BCUT2D eigenvalue weighted by atomic mass is 35.7. The van der Waals surface area contributed by atoms with Gasteiger partial charge in [0, 0.05) is 39.3 Å². The number of halogens is 3. The summed E-state index contributed by atoms with van der Waals surface area (Å²) in [5.41, 5.74) is 0. The van der Waals surface area contributed by atoms with Crippen LogP contribution in [0.2, 0.25) is 0 Å².